The van der Waals surface area contributed by atoms with Gasteiger partial charge in [0.15, 0.2) is 0 Å². The Morgan fingerprint density at radius 2 is 1.06 bits per heavy atom. The average Bonchev–Trinajstić information content (AvgIpc) is 2.89. The van der Waals surface area contributed by atoms with E-state index in [2.05, 4.69) is 0 Å². The molecule has 0 bridgehead atoms. The molecule has 1 aliphatic heterocycles. The summed E-state index contributed by atoms with van der Waals surface area (Å²) in [6.45, 7) is 0.506. The van der Waals surface area contributed by atoms with E-state index in [1.165, 1.54) is 0 Å². The number of urea groups is 1. The molecule has 4 N–H and O–H groups in total. The quantitative estimate of drug-likeness (QED) is 0.391. The SMILES string of the molecule is CSCC[C@@H]1[C@H](O)[C@@H](O)[C@@H](CCSC)N(Cc2ccc(O)cc2)C(=O)N1Cc1ccc(O)cc1. The number of aliphatic hydroxyl groups is 2. The van der Waals surface area contributed by atoms with E-state index >= 15 is 0 Å². The summed E-state index contributed by atoms with van der Waals surface area (Å²) in [4.78, 5) is 17.4. The minimum atomic E-state index is -1.09. The lowest BCUT2D eigenvalue weighted by molar-refractivity contribution is -0.0419. The molecule has 4 atom stereocenters. The van der Waals surface area contributed by atoms with Crippen LogP contribution in [0.15, 0.2) is 48.5 Å². The molecule has 7 nitrogen and oxygen atoms in total. The summed E-state index contributed by atoms with van der Waals surface area (Å²) in [7, 11) is 0. The first kappa shape index (κ1) is 26.5. The van der Waals surface area contributed by atoms with Crippen molar-refractivity contribution in [2.75, 3.05) is 24.0 Å². The van der Waals surface area contributed by atoms with Crippen LogP contribution in [-0.4, -0.2) is 84.6 Å². The molecular weight excluding hydrogens is 472 g/mol. The van der Waals surface area contributed by atoms with Gasteiger partial charge in [-0.15, -0.1) is 0 Å². The van der Waals surface area contributed by atoms with Crippen LogP contribution in [0.2, 0.25) is 0 Å². The number of carbonyl (C=O) groups is 1. The molecule has 0 aromatic heterocycles. The maximum atomic E-state index is 14.0. The fourth-order valence-electron chi connectivity index (χ4n) is 4.37. The van der Waals surface area contributed by atoms with Gasteiger partial charge < -0.3 is 30.2 Å². The van der Waals surface area contributed by atoms with Crippen molar-refractivity contribution in [3.05, 3.63) is 59.7 Å². The van der Waals surface area contributed by atoms with E-state index in [4.69, 9.17) is 0 Å². The molecule has 1 aliphatic rings. The van der Waals surface area contributed by atoms with Crippen molar-refractivity contribution in [1.29, 1.82) is 0 Å². The number of rotatable bonds is 10. The van der Waals surface area contributed by atoms with E-state index < -0.39 is 24.3 Å². The van der Waals surface area contributed by atoms with E-state index in [1.807, 2.05) is 12.5 Å². The fraction of sp³-hybridized carbons (Fsp3) is 0.480. The van der Waals surface area contributed by atoms with Crippen molar-refractivity contribution < 1.29 is 25.2 Å². The fourth-order valence-corrected chi connectivity index (χ4v) is 5.32. The number of amides is 2. The van der Waals surface area contributed by atoms with Crippen LogP contribution in [0.5, 0.6) is 11.5 Å². The molecule has 9 heteroatoms. The molecule has 2 aromatic carbocycles. The standard InChI is InChI=1S/C25H34N2O5S2/c1-33-13-11-21-23(30)24(31)22(12-14-34-2)27(16-18-5-9-20(29)10-6-18)25(32)26(21)15-17-3-7-19(28)8-4-17/h3-10,21-24,28-31H,11-16H2,1-2H3/t21-,22-,23+,24+/m1/s1. The van der Waals surface area contributed by atoms with Crippen LogP contribution in [0.1, 0.15) is 24.0 Å². The molecule has 1 fully saturated rings. The Hall–Kier alpha value is -2.07. The van der Waals surface area contributed by atoms with Crippen molar-refractivity contribution in [1.82, 2.24) is 9.80 Å². The maximum absolute atomic E-state index is 14.0. The Morgan fingerprint density at radius 3 is 1.38 bits per heavy atom. The minimum absolute atomic E-state index is 0.145. The van der Waals surface area contributed by atoms with E-state index in [0.29, 0.717) is 12.8 Å². The second-order valence-electron chi connectivity index (χ2n) is 8.55. The Kier molecular flexibility index (Phi) is 9.82. The number of benzene rings is 2. The largest absolute Gasteiger partial charge is 0.508 e. The first-order chi connectivity index (χ1) is 16.3. The number of phenolic OH excluding ortho intramolecular Hbond substituents is 2. The zero-order chi connectivity index (χ0) is 24.7. The summed E-state index contributed by atoms with van der Waals surface area (Å²) >= 11 is 3.26. The van der Waals surface area contributed by atoms with E-state index in [9.17, 15) is 25.2 Å². The second-order valence-corrected chi connectivity index (χ2v) is 10.5. The van der Waals surface area contributed by atoms with Crippen molar-refractivity contribution in [3.63, 3.8) is 0 Å². The van der Waals surface area contributed by atoms with E-state index in [0.717, 1.165) is 22.6 Å². The number of aromatic hydroxyl groups is 2. The summed E-state index contributed by atoms with van der Waals surface area (Å²) in [5.41, 5.74) is 1.66. The Balaban J connectivity index is 2.01. The smallest absolute Gasteiger partial charge is 0.321 e. The van der Waals surface area contributed by atoms with Crippen molar-refractivity contribution in [3.8, 4) is 11.5 Å². The second kappa shape index (κ2) is 12.6. The van der Waals surface area contributed by atoms with Gasteiger partial charge in [0, 0.05) is 13.1 Å². The third kappa shape index (κ3) is 6.53. The third-order valence-electron chi connectivity index (χ3n) is 6.24. The third-order valence-corrected chi connectivity index (χ3v) is 7.53. The zero-order valence-electron chi connectivity index (χ0n) is 19.6. The Morgan fingerprint density at radius 1 is 0.706 bits per heavy atom. The number of phenols is 2. The van der Waals surface area contributed by atoms with Crippen molar-refractivity contribution in [2.45, 2.75) is 50.2 Å². The predicted molar refractivity (Wildman–Crippen MR) is 138 cm³/mol. The summed E-state index contributed by atoms with van der Waals surface area (Å²) in [6.07, 6.45) is 2.86. The van der Waals surface area contributed by atoms with Crippen LogP contribution >= 0.6 is 23.5 Å². The van der Waals surface area contributed by atoms with Gasteiger partial charge in [-0.25, -0.2) is 4.79 Å². The molecule has 34 heavy (non-hydrogen) atoms. The van der Waals surface area contributed by atoms with Crippen LogP contribution in [0.4, 0.5) is 4.79 Å². The van der Waals surface area contributed by atoms with Gasteiger partial charge in [-0.3, -0.25) is 0 Å². The predicted octanol–water partition coefficient (Wildman–Crippen LogP) is 3.50. The molecule has 3 rings (SSSR count). The first-order valence-corrected chi connectivity index (χ1v) is 14.1. The van der Waals surface area contributed by atoms with E-state index in [-0.39, 0.29) is 30.6 Å². The molecule has 0 unspecified atom stereocenters. The first-order valence-electron chi connectivity index (χ1n) is 11.3. The number of hydrogen-bond donors (Lipinski definition) is 4. The normalized spacial score (nSPS) is 23.2. The van der Waals surface area contributed by atoms with Crippen molar-refractivity contribution in [2.24, 2.45) is 0 Å². The molecule has 2 aromatic rings. The van der Waals surface area contributed by atoms with Crippen LogP contribution in [0.3, 0.4) is 0 Å². The molecule has 1 saturated heterocycles. The van der Waals surface area contributed by atoms with Gasteiger partial charge in [0.2, 0.25) is 0 Å². The maximum Gasteiger partial charge on any atom is 0.321 e. The summed E-state index contributed by atoms with van der Waals surface area (Å²) in [5, 5.41) is 41.9. The Labute approximate surface area is 209 Å². The number of carbonyl (C=O) groups excluding carboxylic acids is 1. The van der Waals surface area contributed by atoms with Crippen LogP contribution in [0.25, 0.3) is 0 Å². The topological polar surface area (TPSA) is 104 Å². The van der Waals surface area contributed by atoms with Gasteiger partial charge in [0.1, 0.15) is 23.7 Å². The van der Waals surface area contributed by atoms with Gasteiger partial charge >= 0.3 is 6.03 Å². The van der Waals surface area contributed by atoms with Crippen molar-refractivity contribution >= 4 is 29.6 Å². The molecule has 186 valence electrons. The van der Waals surface area contributed by atoms with E-state index in [1.54, 1.807) is 81.9 Å². The highest BCUT2D eigenvalue weighted by Crippen LogP contribution is 2.30. The van der Waals surface area contributed by atoms with Crippen LogP contribution in [-0.2, 0) is 13.1 Å². The van der Waals surface area contributed by atoms with Gasteiger partial charge in [-0.05, 0) is 72.3 Å². The number of hydrogen-bond acceptors (Lipinski definition) is 7. The lowest BCUT2D eigenvalue weighted by atomic mass is 9.95. The molecule has 0 aliphatic carbocycles. The molecule has 2 amide bonds. The Bertz CT molecular complexity index is 839. The highest BCUT2D eigenvalue weighted by molar-refractivity contribution is 7.98. The number of aliphatic hydroxyl groups excluding tert-OH is 2. The summed E-state index contributed by atoms with van der Waals surface area (Å²) < 4.78 is 0. The monoisotopic (exact) mass is 506 g/mol. The summed E-state index contributed by atoms with van der Waals surface area (Å²) in [5.74, 6) is 1.76. The summed E-state index contributed by atoms with van der Waals surface area (Å²) in [6, 6.07) is 12.0. The van der Waals surface area contributed by atoms with Gasteiger partial charge in [-0.2, -0.15) is 23.5 Å². The van der Waals surface area contributed by atoms with Crippen LogP contribution in [0, 0.1) is 0 Å². The lowest BCUT2D eigenvalue weighted by Gasteiger charge is -2.35. The van der Waals surface area contributed by atoms with Gasteiger partial charge in [0.05, 0.1) is 12.1 Å². The lowest BCUT2D eigenvalue weighted by Crippen LogP contribution is -2.49. The highest BCUT2D eigenvalue weighted by Gasteiger charge is 2.45. The van der Waals surface area contributed by atoms with Crippen LogP contribution < -0.4 is 0 Å². The van der Waals surface area contributed by atoms with Gasteiger partial charge in [0.25, 0.3) is 0 Å². The zero-order valence-corrected chi connectivity index (χ0v) is 21.2. The number of thioether (sulfide) groups is 2. The molecule has 0 radical (unpaired) electrons. The number of nitrogens with zero attached hydrogens (tertiary/aromatic N) is 2. The molecular formula is C25H34N2O5S2. The molecule has 0 saturated carbocycles. The molecule has 0 spiro atoms. The minimum Gasteiger partial charge on any atom is -0.508 e. The average molecular weight is 507 g/mol. The molecule has 1 heterocycles. The van der Waals surface area contributed by atoms with Gasteiger partial charge in [-0.1, -0.05) is 24.3 Å². The highest BCUT2D eigenvalue weighted by atomic mass is 32.2.